The number of aromatic nitrogens is 2. The number of hydrogen-bond donors (Lipinski definition) is 0. The normalized spacial score (nSPS) is 10.5. The van der Waals surface area contributed by atoms with Gasteiger partial charge < -0.3 is 4.90 Å². The fourth-order valence-corrected chi connectivity index (χ4v) is 2.58. The van der Waals surface area contributed by atoms with Crippen molar-refractivity contribution in [2.45, 2.75) is 20.3 Å². The van der Waals surface area contributed by atoms with Crippen LogP contribution in [0, 0.1) is 13.8 Å². The van der Waals surface area contributed by atoms with Gasteiger partial charge in [-0.1, -0.05) is 0 Å². The highest BCUT2D eigenvalue weighted by Gasteiger charge is 2.16. The predicted molar refractivity (Wildman–Crippen MR) is 76.5 cm³/mol. The molecule has 1 amide bonds. The minimum Gasteiger partial charge on any atom is -0.339 e. The van der Waals surface area contributed by atoms with Crippen LogP contribution < -0.4 is 0 Å². The number of nitrogens with zero attached hydrogens (tertiary/aromatic N) is 3. The summed E-state index contributed by atoms with van der Waals surface area (Å²) in [5.41, 5.74) is 2.12. The van der Waals surface area contributed by atoms with Crippen molar-refractivity contribution in [3.05, 3.63) is 45.7 Å². The molecule has 0 radical (unpaired) electrons. The average Bonchev–Trinajstić information content (AvgIpc) is 2.76. The Morgan fingerprint density at radius 1 is 1.32 bits per heavy atom. The second-order valence-electron chi connectivity index (χ2n) is 4.49. The van der Waals surface area contributed by atoms with Gasteiger partial charge in [-0.3, -0.25) is 9.78 Å². The van der Waals surface area contributed by atoms with Gasteiger partial charge in [-0.05, 0) is 38.0 Å². The fourth-order valence-electron chi connectivity index (χ4n) is 1.68. The van der Waals surface area contributed by atoms with Gasteiger partial charge in [0.05, 0.1) is 5.69 Å². The number of hydrogen-bond acceptors (Lipinski definition) is 4. The number of likely N-dealkylation sites (N-methyl/N-ethyl adjacent to an activating group) is 1. The molecule has 0 N–H and O–H groups in total. The molecule has 0 aliphatic heterocycles. The van der Waals surface area contributed by atoms with Crippen molar-refractivity contribution in [3.8, 4) is 0 Å². The molecule has 0 saturated heterocycles. The Hall–Kier alpha value is -1.75. The maximum absolute atomic E-state index is 12.2. The van der Waals surface area contributed by atoms with E-state index in [1.54, 1.807) is 17.3 Å². The lowest BCUT2D eigenvalue weighted by molar-refractivity contribution is 0.0796. The summed E-state index contributed by atoms with van der Waals surface area (Å²) in [4.78, 5) is 23.3. The number of carbonyl (C=O) groups is 1. The van der Waals surface area contributed by atoms with Crippen LogP contribution in [0.1, 0.15) is 25.9 Å². The highest BCUT2D eigenvalue weighted by Crippen LogP contribution is 2.17. The number of pyridine rings is 1. The minimum atomic E-state index is -0.00439. The van der Waals surface area contributed by atoms with Gasteiger partial charge in [0.1, 0.15) is 0 Å². The topological polar surface area (TPSA) is 46.1 Å². The van der Waals surface area contributed by atoms with Gasteiger partial charge >= 0.3 is 0 Å². The molecule has 2 aromatic heterocycles. The van der Waals surface area contributed by atoms with Crippen LogP contribution in [0.25, 0.3) is 0 Å². The first kappa shape index (κ1) is 13.7. The summed E-state index contributed by atoms with van der Waals surface area (Å²) >= 11 is 1.46. The van der Waals surface area contributed by atoms with Crippen molar-refractivity contribution in [2.24, 2.45) is 0 Å². The van der Waals surface area contributed by atoms with Gasteiger partial charge in [-0.2, -0.15) is 0 Å². The summed E-state index contributed by atoms with van der Waals surface area (Å²) in [5, 5.41) is 0.576. The zero-order chi connectivity index (χ0) is 13.8. The lowest BCUT2D eigenvalue weighted by Crippen LogP contribution is -2.28. The van der Waals surface area contributed by atoms with E-state index in [4.69, 9.17) is 0 Å². The van der Waals surface area contributed by atoms with Crippen molar-refractivity contribution in [1.82, 2.24) is 14.9 Å². The summed E-state index contributed by atoms with van der Waals surface area (Å²) in [6, 6.07) is 3.94. The Morgan fingerprint density at radius 2 is 2.00 bits per heavy atom. The second-order valence-corrected chi connectivity index (χ2v) is 5.70. The summed E-state index contributed by atoms with van der Waals surface area (Å²) < 4.78 is 0. The summed E-state index contributed by atoms with van der Waals surface area (Å²) in [7, 11) is 1.82. The third kappa shape index (κ3) is 3.38. The molecule has 0 fully saturated rings. The van der Waals surface area contributed by atoms with E-state index in [0.717, 1.165) is 17.0 Å². The minimum absolute atomic E-state index is 0.00439. The van der Waals surface area contributed by atoms with Crippen LogP contribution in [-0.4, -0.2) is 34.4 Å². The summed E-state index contributed by atoms with van der Waals surface area (Å²) in [6.45, 7) is 4.60. The Labute approximate surface area is 117 Å². The van der Waals surface area contributed by atoms with Crippen LogP contribution in [-0.2, 0) is 6.42 Å². The van der Waals surface area contributed by atoms with Crippen LogP contribution in [0.15, 0.2) is 24.5 Å². The van der Waals surface area contributed by atoms with Crippen molar-refractivity contribution in [3.63, 3.8) is 0 Å². The van der Waals surface area contributed by atoms with Gasteiger partial charge in [0.2, 0.25) is 0 Å². The highest BCUT2D eigenvalue weighted by atomic mass is 32.1. The summed E-state index contributed by atoms with van der Waals surface area (Å²) in [6.07, 6.45) is 4.36. The monoisotopic (exact) mass is 275 g/mol. The first-order chi connectivity index (χ1) is 9.08. The molecule has 100 valence electrons. The first-order valence-electron chi connectivity index (χ1n) is 6.16. The molecule has 0 bridgehead atoms. The molecule has 0 unspecified atom stereocenters. The molecule has 0 saturated carbocycles. The zero-order valence-corrected chi connectivity index (χ0v) is 12.2. The van der Waals surface area contributed by atoms with Gasteiger partial charge in [0, 0.05) is 30.9 Å². The van der Waals surface area contributed by atoms with Crippen molar-refractivity contribution >= 4 is 17.2 Å². The number of thiazole rings is 1. The largest absolute Gasteiger partial charge is 0.339 e. The van der Waals surface area contributed by atoms with Crippen LogP contribution in [0.2, 0.25) is 0 Å². The molecule has 5 heteroatoms. The van der Waals surface area contributed by atoms with E-state index in [1.165, 1.54) is 16.9 Å². The van der Waals surface area contributed by atoms with E-state index in [0.29, 0.717) is 11.6 Å². The van der Waals surface area contributed by atoms with E-state index in [-0.39, 0.29) is 5.91 Å². The van der Waals surface area contributed by atoms with Crippen LogP contribution >= 0.6 is 11.3 Å². The Kier molecular flexibility index (Phi) is 4.27. The number of carbonyl (C=O) groups excluding carboxylic acids is 1. The quantitative estimate of drug-likeness (QED) is 0.861. The Morgan fingerprint density at radius 3 is 2.58 bits per heavy atom. The molecule has 19 heavy (non-hydrogen) atoms. The molecule has 0 spiro atoms. The lowest BCUT2D eigenvalue weighted by atomic mass is 10.2. The molecule has 0 aromatic carbocycles. The second kappa shape index (κ2) is 5.93. The summed E-state index contributed by atoms with van der Waals surface area (Å²) in [5.74, 6) is -0.00439. The molecule has 2 aromatic rings. The molecule has 2 heterocycles. The number of aryl methyl sites for hydroxylation is 2. The van der Waals surface area contributed by atoms with Crippen LogP contribution in [0.4, 0.5) is 0 Å². The maximum atomic E-state index is 12.2. The van der Waals surface area contributed by atoms with Crippen LogP contribution in [0.5, 0.6) is 0 Å². The van der Waals surface area contributed by atoms with Gasteiger partial charge in [-0.15, -0.1) is 11.3 Å². The van der Waals surface area contributed by atoms with Crippen molar-refractivity contribution in [1.29, 1.82) is 0 Å². The van der Waals surface area contributed by atoms with E-state index in [1.807, 2.05) is 33.0 Å². The van der Waals surface area contributed by atoms with Gasteiger partial charge in [0.15, 0.2) is 5.01 Å². The van der Waals surface area contributed by atoms with E-state index in [2.05, 4.69) is 9.97 Å². The van der Waals surface area contributed by atoms with Crippen molar-refractivity contribution in [2.75, 3.05) is 13.6 Å². The SMILES string of the molecule is Cc1nc(C(=O)N(C)CCc2ccncc2)sc1C. The van der Waals surface area contributed by atoms with Crippen LogP contribution in [0.3, 0.4) is 0 Å². The third-order valence-electron chi connectivity index (χ3n) is 3.04. The molecular formula is C14H17N3OS. The average molecular weight is 275 g/mol. The highest BCUT2D eigenvalue weighted by molar-refractivity contribution is 7.13. The Bertz CT molecular complexity index is 546. The van der Waals surface area contributed by atoms with Gasteiger partial charge in [-0.25, -0.2) is 4.98 Å². The smallest absolute Gasteiger partial charge is 0.282 e. The van der Waals surface area contributed by atoms with E-state index < -0.39 is 0 Å². The first-order valence-corrected chi connectivity index (χ1v) is 6.98. The molecule has 4 nitrogen and oxygen atoms in total. The third-order valence-corrected chi connectivity index (χ3v) is 4.10. The van der Waals surface area contributed by atoms with Gasteiger partial charge in [0.25, 0.3) is 5.91 Å². The maximum Gasteiger partial charge on any atom is 0.282 e. The molecule has 0 aliphatic rings. The molecule has 0 aliphatic carbocycles. The molecule has 2 rings (SSSR count). The number of amides is 1. The predicted octanol–water partition coefficient (Wildman–Crippen LogP) is 2.47. The van der Waals surface area contributed by atoms with E-state index in [9.17, 15) is 4.79 Å². The molecule has 0 atom stereocenters. The fraction of sp³-hybridized carbons (Fsp3) is 0.357. The number of rotatable bonds is 4. The zero-order valence-electron chi connectivity index (χ0n) is 11.4. The van der Waals surface area contributed by atoms with E-state index >= 15 is 0 Å². The Balaban J connectivity index is 1.96. The van der Waals surface area contributed by atoms with Crippen molar-refractivity contribution < 1.29 is 4.79 Å². The standard InChI is InChI=1S/C14H17N3OS/c1-10-11(2)19-13(16-10)14(18)17(3)9-6-12-4-7-15-8-5-12/h4-5,7-8H,6,9H2,1-3H3. The lowest BCUT2D eigenvalue weighted by Gasteiger charge is -2.15. The molecular weight excluding hydrogens is 258 g/mol.